The number of carbonyl (C=O) groups excluding carboxylic acids is 2. The second-order valence-corrected chi connectivity index (χ2v) is 4.84. The predicted molar refractivity (Wildman–Crippen MR) is 76.9 cm³/mol. The molecule has 0 saturated heterocycles. The quantitative estimate of drug-likeness (QED) is 0.260. The summed E-state index contributed by atoms with van der Waals surface area (Å²) < 4.78 is 4.99. The van der Waals surface area contributed by atoms with Crippen LogP contribution in [0, 0.1) is 0 Å². The fourth-order valence-corrected chi connectivity index (χ4v) is 2.23. The molecule has 1 aromatic rings. The van der Waals surface area contributed by atoms with E-state index < -0.39 is 17.9 Å². The topological polar surface area (TPSA) is 82.1 Å². The first-order chi connectivity index (χ1) is 10.6. The summed E-state index contributed by atoms with van der Waals surface area (Å²) in [6.45, 7) is 0.143. The molecule has 0 amide bonds. The highest BCUT2D eigenvalue weighted by Crippen LogP contribution is 2.25. The summed E-state index contributed by atoms with van der Waals surface area (Å²) in [5, 5.41) is 10.0. The fourth-order valence-electron chi connectivity index (χ4n) is 2.23. The average molecular weight is 306 g/mol. The van der Waals surface area contributed by atoms with E-state index in [4.69, 9.17) is 4.74 Å². The minimum atomic E-state index is -0.849. The summed E-state index contributed by atoms with van der Waals surface area (Å²) >= 11 is 0. The van der Waals surface area contributed by atoms with Gasteiger partial charge in [-0.3, -0.25) is 4.79 Å². The van der Waals surface area contributed by atoms with Crippen molar-refractivity contribution in [3.05, 3.63) is 47.2 Å². The maximum absolute atomic E-state index is 12.1. The van der Waals surface area contributed by atoms with Crippen LogP contribution in [0.1, 0.15) is 18.4 Å². The van der Waals surface area contributed by atoms with Gasteiger partial charge in [-0.1, -0.05) is 30.3 Å². The predicted octanol–water partition coefficient (Wildman–Crippen LogP) is 1.89. The number of ether oxygens (including phenoxy) is 1. The molecule has 1 aromatic carbocycles. The van der Waals surface area contributed by atoms with Crippen LogP contribution in [-0.4, -0.2) is 36.7 Å². The molecule has 0 radical (unpaired) electrons. The van der Waals surface area contributed by atoms with Gasteiger partial charge in [0.2, 0.25) is 0 Å². The number of cyclic esters (lactones) is 1. The monoisotopic (exact) mass is 306 g/mol. The third-order valence-corrected chi connectivity index (χ3v) is 3.36. The van der Waals surface area contributed by atoms with Crippen LogP contribution < -0.4 is 0 Å². The zero-order valence-electron chi connectivity index (χ0n) is 12.3. The van der Waals surface area contributed by atoms with E-state index in [1.807, 2.05) is 30.3 Å². The van der Waals surface area contributed by atoms with Gasteiger partial charge in [0, 0.05) is 12.8 Å². The van der Waals surface area contributed by atoms with Gasteiger partial charge in [-0.15, -0.1) is 0 Å². The van der Waals surface area contributed by atoms with Crippen molar-refractivity contribution < 1.29 is 29.2 Å². The summed E-state index contributed by atoms with van der Waals surface area (Å²) in [5.41, 5.74) is 0.741. The molecule has 6 heteroatoms. The molecule has 22 heavy (non-hydrogen) atoms. The largest absolute Gasteiger partial charge is 0.507 e. The van der Waals surface area contributed by atoms with E-state index in [0.29, 0.717) is 6.42 Å². The van der Waals surface area contributed by atoms with Crippen molar-refractivity contribution in [2.75, 3.05) is 13.7 Å². The van der Waals surface area contributed by atoms with Crippen molar-refractivity contribution in [3.63, 3.8) is 0 Å². The molecule has 1 aliphatic rings. The van der Waals surface area contributed by atoms with Crippen LogP contribution in [-0.2, 0) is 30.5 Å². The molecule has 0 aromatic heterocycles. The van der Waals surface area contributed by atoms with E-state index in [0.717, 1.165) is 5.56 Å². The standard InChI is InChI=1S/C16H18O6/c1-20-21-10-9-13-15(18)14(16(19)22-13)12(17)8-7-11-5-3-2-4-6-11/h2-6,13,18H,7-10H2,1H3. The second kappa shape index (κ2) is 7.72. The van der Waals surface area contributed by atoms with Crippen LogP contribution in [0.2, 0.25) is 0 Å². The summed E-state index contributed by atoms with van der Waals surface area (Å²) in [6.07, 6.45) is 0.0142. The Morgan fingerprint density at radius 2 is 2.05 bits per heavy atom. The molecule has 6 nitrogen and oxygen atoms in total. The molecule has 118 valence electrons. The third kappa shape index (κ3) is 3.93. The zero-order valence-corrected chi connectivity index (χ0v) is 12.3. The van der Waals surface area contributed by atoms with Gasteiger partial charge in [0.25, 0.3) is 0 Å². The smallest absolute Gasteiger partial charge is 0.346 e. The normalized spacial score (nSPS) is 17.7. The lowest BCUT2D eigenvalue weighted by Crippen LogP contribution is -2.14. The summed E-state index contributed by atoms with van der Waals surface area (Å²) in [7, 11) is 1.36. The van der Waals surface area contributed by atoms with Gasteiger partial charge in [-0.25, -0.2) is 14.6 Å². The lowest BCUT2D eigenvalue weighted by atomic mass is 10.0. The number of carbonyl (C=O) groups is 2. The second-order valence-electron chi connectivity index (χ2n) is 4.84. The number of hydrogen-bond donors (Lipinski definition) is 1. The number of aliphatic hydroxyl groups is 1. The van der Waals surface area contributed by atoms with Crippen LogP contribution in [0.25, 0.3) is 0 Å². The number of Topliss-reactive ketones (excluding diaryl/α,β-unsaturated/α-hetero) is 1. The van der Waals surface area contributed by atoms with Gasteiger partial charge < -0.3 is 9.84 Å². The van der Waals surface area contributed by atoms with Gasteiger partial charge in [0.15, 0.2) is 17.6 Å². The molecular weight excluding hydrogens is 288 g/mol. The lowest BCUT2D eigenvalue weighted by molar-refractivity contribution is -0.274. The molecule has 1 heterocycles. The van der Waals surface area contributed by atoms with E-state index in [-0.39, 0.29) is 30.8 Å². The molecular formula is C16H18O6. The fraction of sp³-hybridized carbons (Fsp3) is 0.375. The summed E-state index contributed by atoms with van der Waals surface area (Å²) in [4.78, 5) is 33.0. The maximum atomic E-state index is 12.1. The number of benzene rings is 1. The molecule has 0 aliphatic carbocycles. The van der Waals surface area contributed by atoms with Crippen molar-refractivity contribution in [3.8, 4) is 0 Å². The molecule has 1 N–H and O–H groups in total. The van der Waals surface area contributed by atoms with Gasteiger partial charge in [0.1, 0.15) is 5.57 Å². The minimum absolute atomic E-state index is 0.139. The highest BCUT2D eigenvalue weighted by Gasteiger charge is 2.37. The summed E-state index contributed by atoms with van der Waals surface area (Å²) in [5.74, 6) is -1.51. The number of ketones is 1. The van der Waals surface area contributed by atoms with Gasteiger partial charge >= 0.3 is 5.97 Å². The van der Waals surface area contributed by atoms with Crippen LogP contribution in [0.15, 0.2) is 41.7 Å². The molecule has 2 rings (SSSR count). The summed E-state index contributed by atoms with van der Waals surface area (Å²) in [6, 6.07) is 9.46. The van der Waals surface area contributed by atoms with Crippen LogP contribution in [0.5, 0.6) is 0 Å². The Balaban J connectivity index is 1.96. The van der Waals surface area contributed by atoms with Crippen LogP contribution in [0.3, 0.4) is 0 Å². The van der Waals surface area contributed by atoms with E-state index in [9.17, 15) is 14.7 Å². The molecule has 0 spiro atoms. The highest BCUT2D eigenvalue weighted by atomic mass is 17.2. The van der Waals surface area contributed by atoms with Gasteiger partial charge in [-0.05, 0) is 12.0 Å². The number of hydrogen-bond acceptors (Lipinski definition) is 6. The Labute approximate surface area is 128 Å². The Morgan fingerprint density at radius 1 is 1.32 bits per heavy atom. The number of aryl methyl sites for hydroxylation is 1. The van der Waals surface area contributed by atoms with E-state index in [1.165, 1.54) is 7.11 Å². The van der Waals surface area contributed by atoms with Crippen molar-refractivity contribution in [2.24, 2.45) is 0 Å². The van der Waals surface area contributed by atoms with Crippen LogP contribution in [0.4, 0.5) is 0 Å². The Bertz CT molecular complexity index is 563. The molecule has 0 fully saturated rings. The van der Waals surface area contributed by atoms with Crippen molar-refractivity contribution >= 4 is 11.8 Å². The van der Waals surface area contributed by atoms with Crippen LogP contribution >= 0.6 is 0 Å². The SMILES string of the molecule is COOCCC1OC(=O)C(C(=O)CCc2ccccc2)=C1O. The number of aliphatic hydroxyl groups excluding tert-OH is 1. The van der Waals surface area contributed by atoms with Gasteiger partial charge in [-0.2, -0.15) is 0 Å². The maximum Gasteiger partial charge on any atom is 0.346 e. The Kier molecular flexibility index (Phi) is 5.68. The first-order valence-electron chi connectivity index (χ1n) is 7.00. The average Bonchev–Trinajstić information content (AvgIpc) is 2.81. The van der Waals surface area contributed by atoms with E-state index >= 15 is 0 Å². The first-order valence-corrected chi connectivity index (χ1v) is 7.00. The van der Waals surface area contributed by atoms with Gasteiger partial charge in [0.05, 0.1) is 13.7 Å². The van der Waals surface area contributed by atoms with Crippen molar-refractivity contribution in [2.45, 2.75) is 25.4 Å². The van der Waals surface area contributed by atoms with E-state index in [1.54, 1.807) is 0 Å². The zero-order chi connectivity index (χ0) is 15.9. The molecule has 1 atom stereocenters. The number of esters is 1. The Hall–Kier alpha value is -2.18. The van der Waals surface area contributed by atoms with Crippen molar-refractivity contribution in [1.82, 2.24) is 0 Å². The first kappa shape index (κ1) is 16.2. The molecule has 0 bridgehead atoms. The molecule has 0 saturated carbocycles. The van der Waals surface area contributed by atoms with Crippen molar-refractivity contribution in [1.29, 1.82) is 0 Å². The van der Waals surface area contributed by atoms with E-state index in [2.05, 4.69) is 9.78 Å². The minimum Gasteiger partial charge on any atom is -0.507 e. The lowest BCUT2D eigenvalue weighted by Gasteiger charge is -2.08. The molecule has 1 aliphatic heterocycles. The molecule has 1 unspecified atom stereocenters. The third-order valence-electron chi connectivity index (χ3n) is 3.36. The number of rotatable bonds is 8. The Morgan fingerprint density at radius 3 is 2.73 bits per heavy atom. The highest BCUT2D eigenvalue weighted by molar-refractivity contribution is 6.19.